The van der Waals surface area contributed by atoms with Crippen molar-refractivity contribution in [2.75, 3.05) is 32.6 Å². The molecule has 3 rings (SSSR count). The van der Waals surface area contributed by atoms with Crippen molar-refractivity contribution in [3.8, 4) is 5.75 Å². The number of hydrogen-bond acceptors (Lipinski definition) is 4. The van der Waals surface area contributed by atoms with Crippen LogP contribution in [0.4, 0.5) is 5.69 Å². The van der Waals surface area contributed by atoms with E-state index in [4.69, 9.17) is 4.74 Å². The Hall–Kier alpha value is -2.86. The Morgan fingerprint density at radius 3 is 2.92 bits per heavy atom. The number of anilines is 1. The van der Waals surface area contributed by atoms with Crippen LogP contribution in [-0.4, -0.2) is 47.4 Å². The molecule has 2 aromatic heterocycles. The average Bonchev–Trinajstić information content (AvgIpc) is 2.94. The molecule has 6 nitrogen and oxygen atoms in total. The molecule has 3 aromatic rings. The van der Waals surface area contributed by atoms with Crippen LogP contribution in [-0.2, 0) is 0 Å². The summed E-state index contributed by atoms with van der Waals surface area (Å²) in [6.07, 6.45) is 3.76. The number of hydrogen-bond donors (Lipinski definition) is 1. The van der Waals surface area contributed by atoms with E-state index in [1.54, 1.807) is 12.1 Å². The molecule has 0 aliphatic heterocycles. The third kappa shape index (κ3) is 4.36. The average molecular weight is 338 g/mol. The lowest BCUT2D eigenvalue weighted by molar-refractivity contribution is 0.102. The van der Waals surface area contributed by atoms with E-state index in [9.17, 15) is 4.79 Å². The second kappa shape index (κ2) is 7.36. The number of nitrogens with zero attached hydrogens (tertiary/aromatic N) is 3. The van der Waals surface area contributed by atoms with E-state index < -0.39 is 0 Å². The Bertz CT molecular complexity index is 886. The van der Waals surface area contributed by atoms with Crippen LogP contribution in [0.1, 0.15) is 16.1 Å². The second-order valence-corrected chi connectivity index (χ2v) is 6.20. The zero-order valence-electron chi connectivity index (χ0n) is 14.7. The third-order valence-electron chi connectivity index (χ3n) is 3.74. The number of pyridine rings is 1. The highest BCUT2D eigenvalue weighted by Crippen LogP contribution is 2.18. The Balaban J connectivity index is 1.69. The number of fused-ring (bicyclic) bond motifs is 1. The monoisotopic (exact) mass is 338 g/mol. The first-order valence-corrected chi connectivity index (χ1v) is 8.15. The van der Waals surface area contributed by atoms with Gasteiger partial charge in [0.25, 0.3) is 5.91 Å². The summed E-state index contributed by atoms with van der Waals surface area (Å²) in [6.45, 7) is 3.36. The van der Waals surface area contributed by atoms with Gasteiger partial charge < -0.3 is 19.4 Å². The van der Waals surface area contributed by atoms with Crippen LogP contribution >= 0.6 is 0 Å². The van der Waals surface area contributed by atoms with Crippen LogP contribution in [0.25, 0.3) is 5.65 Å². The number of carbonyl (C=O) groups is 1. The summed E-state index contributed by atoms with van der Waals surface area (Å²) in [5.41, 5.74) is 2.94. The van der Waals surface area contributed by atoms with Gasteiger partial charge in [-0.1, -0.05) is 6.07 Å². The van der Waals surface area contributed by atoms with E-state index in [1.807, 2.05) is 62.1 Å². The lowest BCUT2D eigenvalue weighted by Crippen LogP contribution is -2.19. The SMILES string of the molecule is Cc1cn2ccc(C(=O)Nc3cccc(OCCN(C)C)c3)cc2n1. The van der Waals surface area contributed by atoms with Crippen molar-refractivity contribution in [2.24, 2.45) is 0 Å². The largest absolute Gasteiger partial charge is 0.492 e. The minimum absolute atomic E-state index is 0.173. The standard InChI is InChI=1S/C19H22N4O2/c1-14-13-23-8-7-15(11-18(23)20-14)19(24)21-16-5-4-6-17(12-16)25-10-9-22(2)3/h4-8,11-13H,9-10H2,1-3H3,(H,21,24). The van der Waals surface area contributed by atoms with Gasteiger partial charge in [0, 0.05) is 36.3 Å². The maximum absolute atomic E-state index is 12.5. The maximum Gasteiger partial charge on any atom is 0.255 e. The molecule has 130 valence electrons. The topological polar surface area (TPSA) is 58.9 Å². The van der Waals surface area contributed by atoms with Crippen LogP contribution in [0.2, 0.25) is 0 Å². The second-order valence-electron chi connectivity index (χ2n) is 6.20. The van der Waals surface area contributed by atoms with E-state index in [0.717, 1.165) is 23.6 Å². The molecule has 1 amide bonds. The summed E-state index contributed by atoms with van der Waals surface area (Å²) in [5.74, 6) is 0.563. The number of benzene rings is 1. The predicted octanol–water partition coefficient (Wildman–Crippen LogP) is 2.84. The predicted molar refractivity (Wildman–Crippen MR) is 98.4 cm³/mol. The van der Waals surface area contributed by atoms with Crippen molar-refractivity contribution in [2.45, 2.75) is 6.92 Å². The van der Waals surface area contributed by atoms with Crippen molar-refractivity contribution in [1.29, 1.82) is 0 Å². The summed E-state index contributed by atoms with van der Waals surface area (Å²) in [6, 6.07) is 11.0. The van der Waals surface area contributed by atoms with Crippen LogP contribution in [0, 0.1) is 6.92 Å². The van der Waals surface area contributed by atoms with E-state index in [0.29, 0.717) is 17.9 Å². The Morgan fingerprint density at radius 2 is 2.12 bits per heavy atom. The molecule has 0 radical (unpaired) electrons. The normalized spacial score (nSPS) is 11.0. The molecule has 0 aliphatic carbocycles. The molecule has 0 atom stereocenters. The fourth-order valence-electron chi connectivity index (χ4n) is 2.46. The van der Waals surface area contributed by atoms with Gasteiger partial charge >= 0.3 is 0 Å². The van der Waals surface area contributed by atoms with Crippen LogP contribution < -0.4 is 10.1 Å². The van der Waals surface area contributed by atoms with E-state index in [1.165, 1.54) is 0 Å². The van der Waals surface area contributed by atoms with Gasteiger partial charge in [-0.15, -0.1) is 0 Å². The lowest BCUT2D eigenvalue weighted by Gasteiger charge is -2.12. The smallest absolute Gasteiger partial charge is 0.255 e. The van der Waals surface area contributed by atoms with Gasteiger partial charge in [-0.2, -0.15) is 0 Å². The summed E-state index contributed by atoms with van der Waals surface area (Å²) in [7, 11) is 4.00. The molecule has 2 heterocycles. The number of carbonyl (C=O) groups excluding carboxylic acids is 1. The Morgan fingerprint density at radius 1 is 1.28 bits per heavy atom. The minimum atomic E-state index is -0.173. The number of ether oxygens (including phenoxy) is 1. The Kier molecular flexibility index (Phi) is 5.00. The lowest BCUT2D eigenvalue weighted by atomic mass is 10.2. The van der Waals surface area contributed by atoms with Crippen LogP contribution in [0.5, 0.6) is 5.75 Å². The Labute approximate surface area is 147 Å². The van der Waals surface area contributed by atoms with Gasteiger partial charge in [-0.3, -0.25) is 4.79 Å². The number of imidazole rings is 1. The van der Waals surface area contributed by atoms with Gasteiger partial charge in [0.2, 0.25) is 0 Å². The molecule has 0 bridgehead atoms. The molecule has 6 heteroatoms. The van der Waals surface area contributed by atoms with Crippen molar-refractivity contribution < 1.29 is 9.53 Å². The summed E-state index contributed by atoms with van der Waals surface area (Å²) in [4.78, 5) is 18.9. The van der Waals surface area contributed by atoms with Crippen molar-refractivity contribution in [1.82, 2.24) is 14.3 Å². The minimum Gasteiger partial charge on any atom is -0.492 e. The van der Waals surface area contributed by atoms with Gasteiger partial charge in [-0.05, 0) is 45.3 Å². The number of aryl methyl sites for hydroxylation is 1. The number of nitrogens with one attached hydrogen (secondary N) is 1. The molecule has 0 fully saturated rings. The van der Waals surface area contributed by atoms with E-state index in [2.05, 4.69) is 15.2 Å². The molecule has 0 aliphatic rings. The highest BCUT2D eigenvalue weighted by molar-refractivity contribution is 6.04. The number of rotatable bonds is 6. The first kappa shape index (κ1) is 17.0. The first-order valence-electron chi connectivity index (χ1n) is 8.15. The molecule has 0 saturated heterocycles. The molecule has 0 unspecified atom stereocenters. The van der Waals surface area contributed by atoms with Crippen molar-refractivity contribution in [3.05, 3.63) is 60.0 Å². The van der Waals surface area contributed by atoms with E-state index in [-0.39, 0.29) is 5.91 Å². The summed E-state index contributed by atoms with van der Waals surface area (Å²) < 4.78 is 7.59. The van der Waals surface area contributed by atoms with E-state index >= 15 is 0 Å². The molecular weight excluding hydrogens is 316 g/mol. The molecule has 0 saturated carbocycles. The maximum atomic E-state index is 12.5. The highest BCUT2D eigenvalue weighted by atomic mass is 16.5. The van der Waals surface area contributed by atoms with Crippen molar-refractivity contribution >= 4 is 17.2 Å². The van der Waals surface area contributed by atoms with Crippen LogP contribution in [0.15, 0.2) is 48.8 Å². The molecule has 25 heavy (non-hydrogen) atoms. The van der Waals surface area contributed by atoms with Gasteiger partial charge in [0.1, 0.15) is 18.0 Å². The highest BCUT2D eigenvalue weighted by Gasteiger charge is 2.09. The molecule has 0 spiro atoms. The third-order valence-corrected chi connectivity index (χ3v) is 3.74. The number of likely N-dealkylation sites (N-methyl/N-ethyl adjacent to an activating group) is 1. The summed E-state index contributed by atoms with van der Waals surface area (Å²) in [5, 5.41) is 2.90. The van der Waals surface area contributed by atoms with Gasteiger partial charge in [-0.25, -0.2) is 4.98 Å². The summed E-state index contributed by atoms with van der Waals surface area (Å²) >= 11 is 0. The molecule has 1 aromatic carbocycles. The molecule has 1 N–H and O–H groups in total. The number of aromatic nitrogens is 2. The quantitative estimate of drug-likeness (QED) is 0.751. The number of amides is 1. The molecular formula is C19H22N4O2. The fraction of sp³-hybridized carbons (Fsp3) is 0.263. The fourth-order valence-corrected chi connectivity index (χ4v) is 2.46. The van der Waals surface area contributed by atoms with Crippen molar-refractivity contribution in [3.63, 3.8) is 0 Å². The zero-order chi connectivity index (χ0) is 17.8. The zero-order valence-corrected chi connectivity index (χ0v) is 14.7. The first-order chi connectivity index (χ1) is 12.0. The van der Waals surface area contributed by atoms with Crippen LogP contribution in [0.3, 0.4) is 0 Å². The van der Waals surface area contributed by atoms with Gasteiger partial charge in [0.05, 0.1) is 5.69 Å². The van der Waals surface area contributed by atoms with Gasteiger partial charge in [0.15, 0.2) is 0 Å².